The number of anilines is 1. The Morgan fingerprint density at radius 3 is 2.75 bits per heavy atom. The van der Waals surface area contributed by atoms with Gasteiger partial charge in [-0.2, -0.15) is 0 Å². The molecule has 2 heteroatoms. The van der Waals surface area contributed by atoms with Gasteiger partial charge < -0.3 is 5.32 Å². The number of fused-ring (bicyclic) bond motifs is 1. The van der Waals surface area contributed by atoms with Crippen LogP contribution in [0, 0.1) is 0 Å². The van der Waals surface area contributed by atoms with Crippen LogP contribution in [0.25, 0.3) is 0 Å². The summed E-state index contributed by atoms with van der Waals surface area (Å²) < 4.78 is 0. The van der Waals surface area contributed by atoms with Crippen molar-refractivity contribution in [2.75, 3.05) is 5.32 Å². The van der Waals surface area contributed by atoms with Crippen LogP contribution in [-0.4, -0.2) is 11.0 Å². The number of hydrogen-bond acceptors (Lipinski definition) is 2. The third-order valence-electron chi connectivity index (χ3n) is 3.07. The Kier molecular flexibility index (Phi) is 2.33. The molecule has 0 saturated heterocycles. The predicted octanol–water partition coefficient (Wildman–Crippen LogP) is 2.66. The quantitative estimate of drug-likeness (QED) is 0.824. The number of para-hydroxylation sites is 1. The van der Waals surface area contributed by atoms with Crippen LogP contribution in [0.2, 0.25) is 0 Å². The molecule has 1 N–H and O–H groups in total. The molecule has 2 nitrogen and oxygen atoms in total. The van der Waals surface area contributed by atoms with Crippen LogP contribution >= 0.6 is 0 Å². The summed E-state index contributed by atoms with van der Waals surface area (Å²) in [5.41, 5.74) is 4.07. The molecule has 1 unspecified atom stereocenters. The topological polar surface area (TPSA) is 24.9 Å². The molecule has 1 aliphatic heterocycles. The zero-order chi connectivity index (χ0) is 10.8. The monoisotopic (exact) mass is 210 g/mol. The van der Waals surface area contributed by atoms with E-state index in [-0.39, 0.29) is 0 Å². The van der Waals surface area contributed by atoms with E-state index in [9.17, 15) is 0 Å². The Hall–Kier alpha value is -1.83. The van der Waals surface area contributed by atoms with Crippen molar-refractivity contribution in [3.8, 4) is 0 Å². The minimum Gasteiger partial charge on any atom is -0.381 e. The molecular formula is C14H14N2. The van der Waals surface area contributed by atoms with Crippen molar-refractivity contribution in [2.45, 2.75) is 18.9 Å². The molecule has 3 rings (SSSR count). The van der Waals surface area contributed by atoms with Crippen LogP contribution in [-0.2, 0) is 12.8 Å². The maximum absolute atomic E-state index is 4.04. The van der Waals surface area contributed by atoms with Crippen molar-refractivity contribution in [2.24, 2.45) is 0 Å². The third-order valence-corrected chi connectivity index (χ3v) is 3.07. The van der Waals surface area contributed by atoms with Gasteiger partial charge in [0.1, 0.15) is 0 Å². The van der Waals surface area contributed by atoms with Gasteiger partial charge in [0.2, 0.25) is 0 Å². The Morgan fingerprint density at radius 2 is 1.94 bits per heavy atom. The largest absolute Gasteiger partial charge is 0.381 e. The fourth-order valence-corrected chi connectivity index (χ4v) is 2.30. The zero-order valence-corrected chi connectivity index (χ0v) is 9.06. The third kappa shape index (κ3) is 1.78. The number of hydrogen-bond donors (Lipinski definition) is 1. The van der Waals surface area contributed by atoms with Crippen LogP contribution < -0.4 is 5.32 Å². The first-order chi connectivity index (χ1) is 7.92. The maximum atomic E-state index is 4.04. The van der Waals surface area contributed by atoms with Gasteiger partial charge in [-0.3, -0.25) is 4.98 Å². The molecule has 16 heavy (non-hydrogen) atoms. The van der Waals surface area contributed by atoms with E-state index < -0.39 is 0 Å². The fourth-order valence-electron chi connectivity index (χ4n) is 2.30. The maximum Gasteiger partial charge on any atom is 0.0375 e. The summed E-state index contributed by atoms with van der Waals surface area (Å²) in [5, 5.41) is 3.56. The lowest BCUT2D eigenvalue weighted by atomic mass is 10.0. The van der Waals surface area contributed by atoms with Crippen molar-refractivity contribution >= 4 is 5.69 Å². The first-order valence-electron chi connectivity index (χ1n) is 5.65. The van der Waals surface area contributed by atoms with Gasteiger partial charge in [0.15, 0.2) is 0 Å². The van der Waals surface area contributed by atoms with Crippen molar-refractivity contribution in [1.82, 2.24) is 4.98 Å². The van der Waals surface area contributed by atoms with Crippen molar-refractivity contribution in [3.05, 3.63) is 59.9 Å². The lowest BCUT2D eigenvalue weighted by molar-refractivity contribution is 0.745. The van der Waals surface area contributed by atoms with Crippen LogP contribution in [0.5, 0.6) is 0 Å². The number of rotatable bonds is 2. The van der Waals surface area contributed by atoms with E-state index in [2.05, 4.69) is 46.7 Å². The molecule has 0 aliphatic carbocycles. The summed E-state index contributed by atoms with van der Waals surface area (Å²) in [6.45, 7) is 0. The van der Waals surface area contributed by atoms with Gasteiger partial charge in [-0.25, -0.2) is 0 Å². The Labute approximate surface area is 95.3 Å². The number of pyridine rings is 1. The van der Waals surface area contributed by atoms with Gasteiger partial charge in [-0.1, -0.05) is 18.2 Å². The Balaban J connectivity index is 1.73. The molecule has 2 aromatic rings. The lowest BCUT2D eigenvalue weighted by Gasteiger charge is -2.10. The molecule has 1 aromatic heterocycles. The summed E-state index contributed by atoms with van der Waals surface area (Å²) >= 11 is 0. The second kappa shape index (κ2) is 3.97. The average Bonchev–Trinajstić information content (AvgIpc) is 2.72. The van der Waals surface area contributed by atoms with Gasteiger partial charge >= 0.3 is 0 Å². The fraction of sp³-hybridized carbons (Fsp3) is 0.214. The molecule has 1 aromatic carbocycles. The SMILES string of the molecule is c1ccc2c(c1)CC(Cc1ccncc1)N2. The highest BCUT2D eigenvalue weighted by Gasteiger charge is 2.19. The highest BCUT2D eigenvalue weighted by Crippen LogP contribution is 2.26. The van der Waals surface area contributed by atoms with Crippen molar-refractivity contribution in [3.63, 3.8) is 0 Å². The number of nitrogens with one attached hydrogen (secondary N) is 1. The summed E-state index contributed by atoms with van der Waals surface area (Å²) in [6, 6.07) is 13.3. The summed E-state index contributed by atoms with van der Waals surface area (Å²) in [4.78, 5) is 4.04. The lowest BCUT2D eigenvalue weighted by Crippen LogP contribution is -2.18. The van der Waals surface area contributed by atoms with E-state index in [1.54, 1.807) is 0 Å². The second-order valence-electron chi connectivity index (χ2n) is 4.26. The van der Waals surface area contributed by atoms with Crippen molar-refractivity contribution < 1.29 is 0 Å². The molecule has 0 spiro atoms. The number of nitrogens with zero attached hydrogens (tertiary/aromatic N) is 1. The average molecular weight is 210 g/mol. The number of aromatic nitrogens is 1. The van der Waals surface area contributed by atoms with E-state index in [0.717, 1.165) is 12.8 Å². The van der Waals surface area contributed by atoms with Gasteiger partial charge in [0, 0.05) is 24.1 Å². The summed E-state index contributed by atoms with van der Waals surface area (Å²) in [6.07, 6.45) is 5.91. The van der Waals surface area contributed by atoms with E-state index in [1.807, 2.05) is 12.4 Å². The Morgan fingerprint density at radius 1 is 1.12 bits per heavy atom. The highest BCUT2D eigenvalue weighted by atomic mass is 14.9. The Bertz CT molecular complexity index is 454. The van der Waals surface area contributed by atoms with Gasteiger partial charge in [-0.15, -0.1) is 0 Å². The van der Waals surface area contributed by atoms with Gasteiger partial charge in [0.05, 0.1) is 0 Å². The number of benzene rings is 1. The molecule has 0 saturated carbocycles. The first kappa shape index (κ1) is 9.40. The first-order valence-corrected chi connectivity index (χ1v) is 5.65. The second-order valence-corrected chi connectivity index (χ2v) is 4.26. The van der Waals surface area contributed by atoms with E-state index >= 15 is 0 Å². The molecule has 1 atom stereocenters. The van der Waals surface area contributed by atoms with E-state index in [0.29, 0.717) is 6.04 Å². The van der Waals surface area contributed by atoms with Crippen LogP contribution in [0.3, 0.4) is 0 Å². The van der Waals surface area contributed by atoms with Crippen LogP contribution in [0.4, 0.5) is 5.69 Å². The molecular weight excluding hydrogens is 196 g/mol. The standard InChI is InChI=1S/C14H14N2/c1-2-4-14-12(3-1)10-13(16-14)9-11-5-7-15-8-6-11/h1-8,13,16H,9-10H2. The molecule has 0 fully saturated rings. The minimum absolute atomic E-state index is 0.528. The highest BCUT2D eigenvalue weighted by molar-refractivity contribution is 5.56. The molecule has 0 amide bonds. The molecule has 0 radical (unpaired) electrons. The molecule has 0 bridgehead atoms. The predicted molar refractivity (Wildman–Crippen MR) is 65.5 cm³/mol. The van der Waals surface area contributed by atoms with E-state index in [4.69, 9.17) is 0 Å². The van der Waals surface area contributed by atoms with Crippen LogP contribution in [0.1, 0.15) is 11.1 Å². The summed E-state index contributed by atoms with van der Waals surface area (Å²) in [7, 11) is 0. The van der Waals surface area contributed by atoms with Crippen LogP contribution in [0.15, 0.2) is 48.8 Å². The molecule has 1 aliphatic rings. The zero-order valence-electron chi connectivity index (χ0n) is 9.06. The van der Waals surface area contributed by atoms with Gasteiger partial charge in [-0.05, 0) is 42.2 Å². The van der Waals surface area contributed by atoms with E-state index in [1.165, 1.54) is 16.8 Å². The normalized spacial score (nSPS) is 17.9. The smallest absolute Gasteiger partial charge is 0.0375 e. The van der Waals surface area contributed by atoms with Crippen molar-refractivity contribution in [1.29, 1.82) is 0 Å². The molecule has 2 heterocycles. The minimum atomic E-state index is 0.528. The summed E-state index contributed by atoms with van der Waals surface area (Å²) in [5.74, 6) is 0. The van der Waals surface area contributed by atoms with Gasteiger partial charge in [0.25, 0.3) is 0 Å². The molecule has 80 valence electrons.